The molecule has 1 heterocycles. The first-order chi connectivity index (χ1) is 9.38. The molecule has 1 atom stereocenters. The first kappa shape index (κ1) is 15.4. The monoisotopic (exact) mass is 312 g/mol. The van der Waals surface area contributed by atoms with Gasteiger partial charge in [-0.3, -0.25) is 0 Å². The van der Waals surface area contributed by atoms with Crippen molar-refractivity contribution in [3.8, 4) is 0 Å². The molecular formula is C14H20N2O2S2. The van der Waals surface area contributed by atoms with Crippen molar-refractivity contribution in [3.05, 3.63) is 29.8 Å². The highest BCUT2D eigenvalue weighted by Gasteiger charge is 2.22. The smallest absolute Gasteiger partial charge is 0.179 e. The minimum atomic E-state index is -3.28. The molecule has 2 rings (SSSR count). The molecule has 2 N–H and O–H groups in total. The maximum atomic E-state index is 12.3. The van der Waals surface area contributed by atoms with E-state index in [1.165, 1.54) is 0 Å². The van der Waals surface area contributed by atoms with Gasteiger partial charge in [-0.2, -0.15) is 0 Å². The van der Waals surface area contributed by atoms with Crippen LogP contribution in [0.25, 0.3) is 0 Å². The second-order valence-corrected chi connectivity index (χ2v) is 7.95. The molecule has 0 bridgehead atoms. The Morgan fingerprint density at radius 3 is 2.85 bits per heavy atom. The maximum Gasteiger partial charge on any atom is 0.179 e. The Kier molecular flexibility index (Phi) is 4.78. The number of hydrogen-bond donors (Lipinski definition) is 1. The number of nitrogens with two attached hydrogens (primary N) is 1. The van der Waals surface area contributed by atoms with Crippen molar-refractivity contribution < 1.29 is 8.42 Å². The molecule has 110 valence electrons. The van der Waals surface area contributed by atoms with E-state index in [9.17, 15) is 8.42 Å². The Morgan fingerprint density at radius 1 is 1.50 bits per heavy atom. The predicted molar refractivity (Wildman–Crippen MR) is 84.6 cm³/mol. The summed E-state index contributed by atoms with van der Waals surface area (Å²) < 4.78 is 24.7. The molecule has 1 aliphatic heterocycles. The van der Waals surface area contributed by atoms with Gasteiger partial charge in [-0.25, -0.2) is 8.42 Å². The van der Waals surface area contributed by atoms with E-state index in [0.717, 1.165) is 19.5 Å². The fraction of sp³-hybridized carbons (Fsp3) is 0.500. The van der Waals surface area contributed by atoms with Gasteiger partial charge in [-0.1, -0.05) is 31.3 Å². The van der Waals surface area contributed by atoms with E-state index in [1.807, 2.05) is 0 Å². The Morgan fingerprint density at radius 2 is 2.25 bits per heavy atom. The van der Waals surface area contributed by atoms with Crippen LogP contribution in [0.4, 0.5) is 0 Å². The fourth-order valence-electron chi connectivity index (χ4n) is 2.44. The van der Waals surface area contributed by atoms with E-state index in [-0.39, 0.29) is 10.7 Å². The average Bonchev–Trinajstić information content (AvgIpc) is 2.82. The average molecular weight is 312 g/mol. The van der Waals surface area contributed by atoms with Gasteiger partial charge in [0.15, 0.2) is 9.84 Å². The lowest BCUT2D eigenvalue weighted by atomic mass is 10.2. The summed E-state index contributed by atoms with van der Waals surface area (Å²) in [6.45, 7) is 4.76. The number of hydrogen-bond acceptors (Lipinski definition) is 4. The normalized spacial score (nSPS) is 20.1. The summed E-state index contributed by atoms with van der Waals surface area (Å²) in [5.41, 5.74) is 6.14. The van der Waals surface area contributed by atoms with Crippen LogP contribution < -0.4 is 5.73 Å². The van der Waals surface area contributed by atoms with E-state index in [4.69, 9.17) is 18.0 Å². The molecule has 0 spiro atoms. The number of rotatable bonds is 5. The molecular weight excluding hydrogens is 292 g/mol. The van der Waals surface area contributed by atoms with Gasteiger partial charge in [0.1, 0.15) is 4.99 Å². The van der Waals surface area contributed by atoms with Gasteiger partial charge in [-0.15, -0.1) is 0 Å². The molecule has 1 saturated heterocycles. The van der Waals surface area contributed by atoms with Crippen molar-refractivity contribution in [2.45, 2.75) is 18.2 Å². The number of likely N-dealkylation sites (tertiary alicyclic amines) is 1. The van der Waals surface area contributed by atoms with Crippen molar-refractivity contribution in [2.75, 3.05) is 25.4 Å². The Hall–Kier alpha value is -0.980. The second-order valence-electron chi connectivity index (χ2n) is 5.41. The first-order valence-corrected chi connectivity index (χ1v) is 8.79. The van der Waals surface area contributed by atoms with Crippen LogP contribution in [0.15, 0.2) is 29.2 Å². The lowest BCUT2D eigenvalue weighted by molar-refractivity contribution is 0.347. The quantitative estimate of drug-likeness (QED) is 0.834. The van der Waals surface area contributed by atoms with Crippen LogP contribution in [0.3, 0.4) is 0 Å². The first-order valence-electron chi connectivity index (χ1n) is 6.73. The summed E-state index contributed by atoms with van der Waals surface area (Å²) >= 11 is 4.88. The maximum absolute atomic E-state index is 12.3. The van der Waals surface area contributed by atoms with Crippen molar-refractivity contribution >= 4 is 27.0 Å². The molecule has 0 saturated carbocycles. The van der Waals surface area contributed by atoms with Crippen LogP contribution in [-0.4, -0.2) is 43.7 Å². The lowest BCUT2D eigenvalue weighted by Gasteiger charge is -2.15. The second kappa shape index (κ2) is 6.20. The van der Waals surface area contributed by atoms with E-state index in [2.05, 4.69) is 11.8 Å². The molecule has 0 radical (unpaired) electrons. The van der Waals surface area contributed by atoms with E-state index >= 15 is 0 Å². The summed E-state index contributed by atoms with van der Waals surface area (Å²) in [4.78, 5) is 2.73. The number of nitrogens with zero attached hydrogens (tertiary/aromatic N) is 1. The molecule has 1 unspecified atom stereocenters. The zero-order valence-corrected chi connectivity index (χ0v) is 13.2. The van der Waals surface area contributed by atoms with E-state index < -0.39 is 9.84 Å². The van der Waals surface area contributed by atoms with Crippen molar-refractivity contribution in [1.29, 1.82) is 0 Å². The molecule has 0 aliphatic carbocycles. The third kappa shape index (κ3) is 3.77. The largest absolute Gasteiger partial charge is 0.389 e. The molecule has 0 aromatic heterocycles. The van der Waals surface area contributed by atoms with Crippen LogP contribution in [0.5, 0.6) is 0 Å². The van der Waals surface area contributed by atoms with Gasteiger partial charge in [0, 0.05) is 18.7 Å². The minimum Gasteiger partial charge on any atom is -0.389 e. The van der Waals surface area contributed by atoms with Gasteiger partial charge in [0.05, 0.1) is 10.6 Å². The Balaban J connectivity index is 2.06. The van der Waals surface area contributed by atoms with Crippen LogP contribution in [0.2, 0.25) is 0 Å². The van der Waals surface area contributed by atoms with Gasteiger partial charge in [-0.05, 0) is 31.0 Å². The zero-order chi connectivity index (χ0) is 14.8. The standard InChI is InChI=1S/C14H20N2O2S2/c1-11-5-6-16(10-11)7-8-20(17,18)13-4-2-3-12(9-13)14(15)19/h2-4,9,11H,5-8,10H2,1H3,(H2,15,19). The SMILES string of the molecule is CC1CCN(CCS(=O)(=O)c2cccc(C(N)=S)c2)C1. The van der Waals surface area contributed by atoms with E-state index in [0.29, 0.717) is 22.9 Å². The van der Waals surface area contributed by atoms with E-state index in [1.54, 1.807) is 24.3 Å². The van der Waals surface area contributed by atoms with Crippen LogP contribution in [0.1, 0.15) is 18.9 Å². The summed E-state index contributed by atoms with van der Waals surface area (Å²) in [5.74, 6) is 0.802. The zero-order valence-electron chi connectivity index (χ0n) is 11.6. The van der Waals surface area contributed by atoms with Gasteiger partial charge in [0.2, 0.25) is 0 Å². The molecule has 20 heavy (non-hydrogen) atoms. The number of thiocarbonyl (C=S) groups is 1. The minimum absolute atomic E-state index is 0.139. The highest BCUT2D eigenvalue weighted by atomic mass is 32.2. The molecule has 1 aromatic carbocycles. The third-order valence-corrected chi connectivity index (χ3v) is 5.59. The summed E-state index contributed by atoms with van der Waals surface area (Å²) in [6.07, 6.45) is 1.15. The molecule has 4 nitrogen and oxygen atoms in total. The highest BCUT2D eigenvalue weighted by Crippen LogP contribution is 2.17. The fourth-order valence-corrected chi connectivity index (χ4v) is 3.89. The van der Waals surface area contributed by atoms with Crippen LogP contribution in [0, 0.1) is 5.92 Å². The van der Waals surface area contributed by atoms with Crippen molar-refractivity contribution in [1.82, 2.24) is 4.90 Å². The topological polar surface area (TPSA) is 63.4 Å². The Bertz CT molecular complexity index is 599. The van der Waals surface area contributed by atoms with Gasteiger partial charge in [0.25, 0.3) is 0 Å². The predicted octanol–water partition coefficient (Wildman–Crippen LogP) is 1.44. The third-order valence-electron chi connectivity index (χ3n) is 3.66. The number of sulfone groups is 1. The molecule has 1 fully saturated rings. The van der Waals surface area contributed by atoms with Crippen LogP contribution >= 0.6 is 12.2 Å². The lowest BCUT2D eigenvalue weighted by Crippen LogP contribution is -2.27. The van der Waals surface area contributed by atoms with Crippen LogP contribution in [-0.2, 0) is 9.84 Å². The summed E-state index contributed by atoms with van der Waals surface area (Å²) in [7, 11) is -3.28. The van der Waals surface area contributed by atoms with Crippen molar-refractivity contribution in [2.24, 2.45) is 11.7 Å². The molecule has 1 aliphatic rings. The van der Waals surface area contributed by atoms with Gasteiger partial charge < -0.3 is 10.6 Å². The van der Waals surface area contributed by atoms with Crippen molar-refractivity contribution in [3.63, 3.8) is 0 Å². The molecule has 0 amide bonds. The Labute approximate surface area is 125 Å². The molecule has 6 heteroatoms. The summed E-state index contributed by atoms with van der Waals surface area (Å²) in [6, 6.07) is 6.57. The van der Waals surface area contributed by atoms with Gasteiger partial charge >= 0.3 is 0 Å². The highest BCUT2D eigenvalue weighted by molar-refractivity contribution is 7.91. The molecule has 1 aromatic rings. The number of benzene rings is 1. The summed E-state index contributed by atoms with van der Waals surface area (Å²) in [5, 5.41) is 0.